The Kier molecular flexibility index (Phi) is 5.64. The lowest BCUT2D eigenvalue weighted by atomic mass is 10.5. The largest absolute Gasteiger partial charge is 0.353 e. The molecule has 2 N–H and O–H groups in total. The number of thiazole rings is 1. The molecule has 0 bridgehead atoms. The molecule has 0 radical (unpaired) electrons. The topological polar surface area (TPSA) is 49.3 Å². The Morgan fingerprint density at radius 2 is 2.35 bits per heavy atom. The number of nitrogens with zero attached hydrogens (tertiary/aromatic N) is 2. The molecule has 0 saturated heterocycles. The molecule has 1 aliphatic rings. The zero-order chi connectivity index (χ0) is 11.5. The van der Waals surface area contributed by atoms with Crippen LogP contribution in [0.3, 0.4) is 0 Å². The van der Waals surface area contributed by atoms with Gasteiger partial charge in [0.25, 0.3) is 0 Å². The van der Waals surface area contributed by atoms with Gasteiger partial charge < -0.3 is 10.6 Å². The van der Waals surface area contributed by atoms with Gasteiger partial charge in [-0.15, -0.1) is 35.3 Å². The summed E-state index contributed by atoms with van der Waals surface area (Å²) in [7, 11) is 1.80. The smallest absolute Gasteiger partial charge is 0.191 e. The van der Waals surface area contributed by atoms with Gasteiger partial charge in [0, 0.05) is 24.2 Å². The number of halogens is 1. The molecule has 0 aromatic carbocycles. The van der Waals surface area contributed by atoms with E-state index < -0.39 is 0 Å². The van der Waals surface area contributed by atoms with Crippen molar-refractivity contribution in [2.24, 2.45) is 10.9 Å². The molecule has 1 aromatic heterocycles. The first kappa shape index (κ1) is 14.7. The Bertz CT molecular complexity index is 391. The van der Waals surface area contributed by atoms with E-state index in [1.807, 2.05) is 6.20 Å². The molecule has 1 aliphatic carbocycles. The molecular weight excluding hydrogens is 347 g/mol. The number of aliphatic imine (C=N–C) groups is 1. The van der Waals surface area contributed by atoms with Crippen LogP contribution in [0, 0.1) is 12.8 Å². The minimum atomic E-state index is 0. The Morgan fingerprint density at radius 1 is 1.65 bits per heavy atom. The van der Waals surface area contributed by atoms with Crippen LogP contribution in [-0.2, 0) is 6.54 Å². The zero-order valence-corrected chi connectivity index (χ0v) is 13.5. The molecular formula is C11H19IN4S. The molecule has 1 fully saturated rings. The third-order valence-corrected chi connectivity index (χ3v) is 3.64. The second-order valence-electron chi connectivity index (χ2n) is 4.25. The van der Waals surface area contributed by atoms with Crippen molar-refractivity contribution in [1.29, 1.82) is 0 Å². The lowest BCUT2D eigenvalue weighted by Gasteiger charge is -2.09. The van der Waals surface area contributed by atoms with Crippen molar-refractivity contribution in [2.45, 2.75) is 32.9 Å². The highest BCUT2D eigenvalue weighted by Gasteiger charge is 2.33. The monoisotopic (exact) mass is 366 g/mol. The van der Waals surface area contributed by atoms with E-state index in [0.29, 0.717) is 6.04 Å². The highest BCUT2D eigenvalue weighted by molar-refractivity contribution is 14.0. The van der Waals surface area contributed by atoms with E-state index in [1.165, 1.54) is 11.3 Å². The summed E-state index contributed by atoms with van der Waals surface area (Å²) in [6.07, 6.45) is 3.15. The molecule has 96 valence electrons. The quantitative estimate of drug-likeness (QED) is 0.490. The highest BCUT2D eigenvalue weighted by Crippen LogP contribution is 2.28. The SMILES string of the molecule is CN=C(NCc1ncc(C)s1)NC1CC1C.I. The number of aryl methyl sites for hydroxylation is 1. The van der Waals surface area contributed by atoms with Gasteiger partial charge in [0.05, 0.1) is 6.54 Å². The predicted octanol–water partition coefficient (Wildman–Crippen LogP) is 2.14. The first-order chi connectivity index (χ1) is 7.69. The fraction of sp³-hybridized carbons (Fsp3) is 0.636. The molecule has 0 amide bonds. The first-order valence-electron chi connectivity index (χ1n) is 5.57. The molecule has 1 saturated carbocycles. The molecule has 1 aromatic rings. The highest BCUT2D eigenvalue weighted by atomic mass is 127. The van der Waals surface area contributed by atoms with E-state index in [9.17, 15) is 0 Å². The van der Waals surface area contributed by atoms with Crippen LogP contribution >= 0.6 is 35.3 Å². The van der Waals surface area contributed by atoms with Crippen molar-refractivity contribution in [2.75, 3.05) is 7.05 Å². The van der Waals surface area contributed by atoms with Crippen molar-refractivity contribution in [3.63, 3.8) is 0 Å². The summed E-state index contributed by atoms with van der Waals surface area (Å²) in [6, 6.07) is 0.601. The zero-order valence-electron chi connectivity index (χ0n) is 10.4. The Balaban J connectivity index is 0.00000144. The molecule has 0 aliphatic heterocycles. The second kappa shape index (κ2) is 6.53. The Labute approximate surface area is 123 Å². The third kappa shape index (κ3) is 4.42. The van der Waals surface area contributed by atoms with Gasteiger partial charge in [-0.05, 0) is 19.3 Å². The van der Waals surface area contributed by atoms with Gasteiger partial charge >= 0.3 is 0 Å². The standard InChI is InChI=1S/C11H18N4S.HI/c1-7-4-9(7)15-11(12-3)14-6-10-13-5-8(2)16-10;/h5,7,9H,4,6H2,1-3H3,(H2,12,14,15);1H. The summed E-state index contributed by atoms with van der Waals surface area (Å²) in [6.45, 7) is 5.06. The molecule has 0 spiro atoms. The first-order valence-corrected chi connectivity index (χ1v) is 6.39. The number of guanidine groups is 1. The molecule has 4 nitrogen and oxygen atoms in total. The summed E-state index contributed by atoms with van der Waals surface area (Å²) in [5, 5.41) is 7.76. The summed E-state index contributed by atoms with van der Waals surface area (Å²) in [4.78, 5) is 9.75. The summed E-state index contributed by atoms with van der Waals surface area (Å²) < 4.78 is 0. The maximum atomic E-state index is 4.30. The van der Waals surface area contributed by atoms with Crippen LogP contribution in [0.5, 0.6) is 0 Å². The molecule has 17 heavy (non-hydrogen) atoms. The maximum absolute atomic E-state index is 4.30. The van der Waals surface area contributed by atoms with Crippen LogP contribution in [0.4, 0.5) is 0 Å². The maximum Gasteiger partial charge on any atom is 0.191 e. The fourth-order valence-electron chi connectivity index (χ4n) is 1.54. The number of nitrogens with one attached hydrogen (secondary N) is 2. The lowest BCUT2D eigenvalue weighted by Crippen LogP contribution is -2.38. The van der Waals surface area contributed by atoms with Crippen LogP contribution < -0.4 is 10.6 Å². The third-order valence-electron chi connectivity index (χ3n) is 2.73. The van der Waals surface area contributed by atoms with Crippen molar-refractivity contribution in [3.8, 4) is 0 Å². The summed E-state index contributed by atoms with van der Waals surface area (Å²) in [5.41, 5.74) is 0. The van der Waals surface area contributed by atoms with Crippen LogP contribution in [0.2, 0.25) is 0 Å². The van der Waals surface area contributed by atoms with E-state index >= 15 is 0 Å². The molecule has 6 heteroatoms. The van der Waals surface area contributed by atoms with E-state index in [4.69, 9.17) is 0 Å². The van der Waals surface area contributed by atoms with Crippen LogP contribution in [0.25, 0.3) is 0 Å². The number of aromatic nitrogens is 1. The average Bonchev–Trinajstić information content (AvgIpc) is 2.78. The average molecular weight is 366 g/mol. The van der Waals surface area contributed by atoms with Crippen molar-refractivity contribution in [3.05, 3.63) is 16.1 Å². The van der Waals surface area contributed by atoms with Crippen molar-refractivity contribution < 1.29 is 0 Å². The van der Waals surface area contributed by atoms with Crippen molar-refractivity contribution >= 4 is 41.3 Å². The van der Waals surface area contributed by atoms with Crippen molar-refractivity contribution in [1.82, 2.24) is 15.6 Å². The summed E-state index contributed by atoms with van der Waals surface area (Å²) >= 11 is 1.72. The van der Waals surface area contributed by atoms with Gasteiger partial charge in [-0.25, -0.2) is 4.98 Å². The number of hydrogen-bond acceptors (Lipinski definition) is 3. The van der Waals surface area contributed by atoms with Crippen LogP contribution in [0.1, 0.15) is 23.2 Å². The number of hydrogen-bond donors (Lipinski definition) is 2. The van der Waals surface area contributed by atoms with Gasteiger partial charge in [0.15, 0.2) is 5.96 Å². The molecule has 2 rings (SSSR count). The van der Waals surface area contributed by atoms with Crippen LogP contribution in [0.15, 0.2) is 11.2 Å². The van der Waals surface area contributed by atoms with Gasteiger partial charge in [-0.1, -0.05) is 6.92 Å². The molecule has 1 heterocycles. The van der Waals surface area contributed by atoms with E-state index in [-0.39, 0.29) is 24.0 Å². The Morgan fingerprint density at radius 3 is 2.82 bits per heavy atom. The Hall–Kier alpha value is -0.370. The second-order valence-corrected chi connectivity index (χ2v) is 5.57. The minimum absolute atomic E-state index is 0. The van der Waals surface area contributed by atoms with Gasteiger partial charge in [0.2, 0.25) is 0 Å². The summed E-state index contributed by atoms with van der Waals surface area (Å²) in [5.74, 6) is 1.66. The minimum Gasteiger partial charge on any atom is -0.353 e. The van der Waals surface area contributed by atoms with Gasteiger partial charge in [-0.3, -0.25) is 4.99 Å². The number of rotatable bonds is 3. The van der Waals surface area contributed by atoms with E-state index in [2.05, 4.69) is 34.5 Å². The van der Waals surface area contributed by atoms with Gasteiger partial charge in [-0.2, -0.15) is 0 Å². The fourth-order valence-corrected chi connectivity index (χ4v) is 2.26. The van der Waals surface area contributed by atoms with Crippen LogP contribution in [-0.4, -0.2) is 24.0 Å². The predicted molar refractivity (Wildman–Crippen MR) is 83.2 cm³/mol. The van der Waals surface area contributed by atoms with Gasteiger partial charge in [0.1, 0.15) is 5.01 Å². The molecule has 2 unspecified atom stereocenters. The normalized spacial score (nSPS) is 22.9. The van der Waals surface area contributed by atoms with E-state index in [1.54, 1.807) is 18.4 Å². The molecule has 2 atom stereocenters. The van der Waals surface area contributed by atoms with E-state index in [0.717, 1.165) is 23.4 Å². The lowest BCUT2D eigenvalue weighted by molar-refractivity contribution is 0.762.